The van der Waals surface area contributed by atoms with Crippen LogP contribution in [0.5, 0.6) is 5.75 Å². The lowest BCUT2D eigenvalue weighted by molar-refractivity contribution is 0.136. The highest BCUT2D eigenvalue weighted by Crippen LogP contribution is 2.29. The molecule has 0 bridgehead atoms. The molecule has 2 fully saturated rings. The summed E-state index contributed by atoms with van der Waals surface area (Å²) in [6, 6.07) is 7.96. The Morgan fingerprint density at radius 1 is 1.25 bits per heavy atom. The maximum Gasteiger partial charge on any atom is 0.317 e. The van der Waals surface area contributed by atoms with Crippen molar-refractivity contribution in [1.82, 2.24) is 15.1 Å². The van der Waals surface area contributed by atoms with Crippen molar-refractivity contribution in [2.75, 3.05) is 32.7 Å². The minimum Gasteiger partial charge on any atom is -0.491 e. The maximum atomic E-state index is 12.3. The van der Waals surface area contributed by atoms with Crippen molar-refractivity contribution in [3.8, 4) is 5.75 Å². The molecule has 0 atom stereocenters. The second-order valence-electron chi connectivity index (χ2n) is 7.20. The van der Waals surface area contributed by atoms with Crippen molar-refractivity contribution in [3.05, 3.63) is 29.8 Å². The van der Waals surface area contributed by atoms with E-state index in [1.807, 2.05) is 43.0 Å². The number of benzene rings is 1. The molecule has 0 unspecified atom stereocenters. The quantitative estimate of drug-likeness (QED) is 0.872. The van der Waals surface area contributed by atoms with Crippen LogP contribution in [-0.2, 0) is 6.54 Å². The molecular weight excluding hydrogens is 302 g/mol. The summed E-state index contributed by atoms with van der Waals surface area (Å²) in [4.78, 5) is 16.8. The molecule has 132 valence electrons. The van der Waals surface area contributed by atoms with Gasteiger partial charge in [0.1, 0.15) is 5.75 Å². The highest BCUT2D eigenvalue weighted by Gasteiger charge is 2.27. The first-order valence-electron chi connectivity index (χ1n) is 9.11. The number of carbonyl (C=O) groups excluding carboxylic acids is 1. The van der Waals surface area contributed by atoms with Gasteiger partial charge in [0.05, 0.1) is 6.10 Å². The Hall–Kier alpha value is -1.75. The largest absolute Gasteiger partial charge is 0.491 e. The first kappa shape index (κ1) is 17.1. The van der Waals surface area contributed by atoms with Gasteiger partial charge in [-0.3, -0.25) is 4.90 Å². The molecule has 1 heterocycles. The van der Waals surface area contributed by atoms with Crippen LogP contribution >= 0.6 is 0 Å². The van der Waals surface area contributed by atoms with Crippen molar-refractivity contribution in [2.45, 2.75) is 39.3 Å². The second kappa shape index (κ2) is 7.88. The molecular formula is C19H29N3O2. The summed E-state index contributed by atoms with van der Waals surface area (Å²) in [6.07, 6.45) is 2.93. The zero-order valence-corrected chi connectivity index (χ0v) is 14.8. The van der Waals surface area contributed by atoms with Crippen molar-refractivity contribution < 1.29 is 9.53 Å². The molecule has 2 aliphatic rings. The first-order valence-corrected chi connectivity index (χ1v) is 9.11. The van der Waals surface area contributed by atoms with Crippen LogP contribution in [-0.4, -0.2) is 54.7 Å². The molecule has 0 aromatic heterocycles. The lowest BCUT2D eigenvalue weighted by Crippen LogP contribution is -2.51. The fraction of sp³-hybridized carbons (Fsp3) is 0.632. The molecule has 0 spiro atoms. The van der Waals surface area contributed by atoms with Gasteiger partial charge in [0.25, 0.3) is 0 Å². The van der Waals surface area contributed by atoms with Crippen LogP contribution in [0, 0.1) is 5.92 Å². The number of carbonyl (C=O) groups is 1. The van der Waals surface area contributed by atoms with Gasteiger partial charge in [-0.2, -0.15) is 0 Å². The Balaban J connectivity index is 1.42. The molecule has 2 amide bonds. The summed E-state index contributed by atoms with van der Waals surface area (Å²) in [5, 5.41) is 3.03. The molecule has 1 N–H and O–H groups in total. The van der Waals surface area contributed by atoms with E-state index >= 15 is 0 Å². The van der Waals surface area contributed by atoms with E-state index in [1.54, 1.807) is 0 Å². The molecule has 1 aliphatic heterocycles. The van der Waals surface area contributed by atoms with E-state index in [1.165, 1.54) is 19.4 Å². The Bertz CT molecular complexity index is 549. The fourth-order valence-corrected chi connectivity index (χ4v) is 3.09. The van der Waals surface area contributed by atoms with Crippen LogP contribution in [0.15, 0.2) is 24.3 Å². The number of nitrogens with zero attached hydrogens (tertiary/aromatic N) is 2. The lowest BCUT2D eigenvalue weighted by Gasteiger charge is -2.34. The summed E-state index contributed by atoms with van der Waals surface area (Å²) in [6.45, 7) is 9.44. The molecule has 5 nitrogen and oxygen atoms in total. The molecule has 1 aliphatic carbocycles. The average molecular weight is 331 g/mol. The van der Waals surface area contributed by atoms with Gasteiger partial charge in [0, 0.05) is 39.3 Å². The van der Waals surface area contributed by atoms with Gasteiger partial charge in [0.15, 0.2) is 0 Å². The van der Waals surface area contributed by atoms with Crippen LogP contribution in [0.2, 0.25) is 0 Å². The van der Waals surface area contributed by atoms with Crippen molar-refractivity contribution >= 4 is 6.03 Å². The smallest absolute Gasteiger partial charge is 0.317 e. The number of hydrogen-bond acceptors (Lipinski definition) is 3. The highest BCUT2D eigenvalue weighted by atomic mass is 16.5. The van der Waals surface area contributed by atoms with Crippen molar-refractivity contribution in [1.29, 1.82) is 0 Å². The lowest BCUT2D eigenvalue weighted by atomic mass is 10.2. The van der Waals surface area contributed by atoms with E-state index in [0.717, 1.165) is 43.4 Å². The molecule has 1 aromatic carbocycles. The van der Waals surface area contributed by atoms with Gasteiger partial charge < -0.3 is 15.0 Å². The Morgan fingerprint density at radius 2 is 2.00 bits per heavy atom. The van der Waals surface area contributed by atoms with Crippen LogP contribution < -0.4 is 10.1 Å². The van der Waals surface area contributed by atoms with Gasteiger partial charge in [0.2, 0.25) is 0 Å². The van der Waals surface area contributed by atoms with E-state index in [0.29, 0.717) is 6.54 Å². The van der Waals surface area contributed by atoms with E-state index < -0.39 is 0 Å². The summed E-state index contributed by atoms with van der Waals surface area (Å²) < 4.78 is 5.70. The Labute approximate surface area is 145 Å². The second-order valence-corrected chi connectivity index (χ2v) is 7.20. The third-order valence-electron chi connectivity index (χ3n) is 4.59. The molecule has 24 heavy (non-hydrogen) atoms. The molecule has 0 radical (unpaired) electrons. The molecule has 1 saturated carbocycles. The predicted octanol–water partition coefficient (Wildman–Crippen LogP) is 2.71. The minimum absolute atomic E-state index is 0.0382. The van der Waals surface area contributed by atoms with Gasteiger partial charge in [-0.25, -0.2) is 4.79 Å². The topological polar surface area (TPSA) is 44.8 Å². The SMILES string of the molecule is CC(C)Oc1cccc(CNC(=O)N2CCN(CC3CC3)CC2)c1. The molecule has 3 rings (SSSR count). The standard InChI is InChI=1S/C19H29N3O2/c1-15(2)24-18-5-3-4-17(12-18)13-20-19(23)22-10-8-21(9-11-22)14-16-6-7-16/h3-5,12,15-16H,6-11,13-14H2,1-2H3,(H,20,23). The zero-order valence-electron chi connectivity index (χ0n) is 14.8. The average Bonchev–Trinajstić information content (AvgIpc) is 3.37. The third kappa shape index (κ3) is 5.13. The highest BCUT2D eigenvalue weighted by molar-refractivity contribution is 5.74. The zero-order chi connectivity index (χ0) is 16.9. The minimum atomic E-state index is 0.0382. The number of amides is 2. The monoisotopic (exact) mass is 331 g/mol. The van der Waals surface area contributed by atoms with Crippen molar-refractivity contribution in [3.63, 3.8) is 0 Å². The van der Waals surface area contributed by atoms with Gasteiger partial charge in [-0.15, -0.1) is 0 Å². The van der Waals surface area contributed by atoms with Gasteiger partial charge >= 0.3 is 6.03 Å². The molecule has 5 heteroatoms. The summed E-state index contributed by atoms with van der Waals surface area (Å²) in [5.74, 6) is 1.77. The maximum absolute atomic E-state index is 12.3. The van der Waals surface area contributed by atoms with E-state index in [2.05, 4.69) is 10.2 Å². The number of rotatable bonds is 6. The summed E-state index contributed by atoms with van der Waals surface area (Å²) in [5.41, 5.74) is 1.06. The van der Waals surface area contributed by atoms with Crippen LogP contribution in [0.25, 0.3) is 0 Å². The van der Waals surface area contributed by atoms with Gasteiger partial charge in [-0.05, 0) is 50.3 Å². The Morgan fingerprint density at radius 3 is 2.67 bits per heavy atom. The number of ether oxygens (including phenoxy) is 1. The van der Waals surface area contributed by atoms with E-state index in [9.17, 15) is 4.79 Å². The summed E-state index contributed by atoms with van der Waals surface area (Å²) in [7, 11) is 0. The van der Waals surface area contributed by atoms with Crippen LogP contribution in [0.1, 0.15) is 32.3 Å². The number of urea groups is 1. The van der Waals surface area contributed by atoms with Crippen LogP contribution in [0.3, 0.4) is 0 Å². The summed E-state index contributed by atoms with van der Waals surface area (Å²) >= 11 is 0. The molecule has 1 aromatic rings. The normalized spacial score (nSPS) is 18.7. The first-order chi connectivity index (χ1) is 11.6. The predicted molar refractivity (Wildman–Crippen MR) is 95.2 cm³/mol. The number of nitrogens with one attached hydrogen (secondary N) is 1. The van der Waals surface area contributed by atoms with E-state index in [-0.39, 0.29) is 12.1 Å². The van der Waals surface area contributed by atoms with Gasteiger partial charge in [-0.1, -0.05) is 12.1 Å². The van der Waals surface area contributed by atoms with E-state index in [4.69, 9.17) is 4.74 Å². The van der Waals surface area contributed by atoms with Crippen LogP contribution in [0.4, 0.5) is 4.79 Å². The number of piperazine rings is 1. The van der Waals surface area contributed by atoms with Crippen molar-refractivity contribution in [2.24, 2.45) is 5.92 Å². The third-order valence-corrected chi connectivity index (χ3v) is 4.59. The Kier molecular flexibility index (Phi) is 5.61. The fourth-order valence-electron chi connectivity index (χ4n) is 3.09. The molecule has 1 saturated heterocycles. The number of hydrogen-bond donors (Lipinski definition) is 1.